The molecule has 1 radical (unpaired) electrons. The number of amidine groups is 1. The first-order chi connectivity index (χ1) is 4.20. The molecular formula is C5H6BrN2O. The van der Waals surface area contributed by atoms with E-state index < -0.39 is 0 Å². The molecule has 0 unspecified atom stereocenters. The molecule has 0 aliphatic carbocycles. The zero-order valence-corrected chi connectivity index (χ0v) is 6.44. The summed E-state index contributed by atoms with van der Waals surface area (Å²) in [6.45, 7) is 3.41. The lowest BCUT2D eigenvalue weighted by molar-refractivity contribution is 0.402. The van der Waals surface area contributed by atoms with Gasteiger partial charge in [0, 0.05) is 0 Å². The quantitative estimate of drug-likeness (QED) is 0.604. The second-order valence-corrected chi connectivity index (χ2v) is 2.51. The summed E-state index contributed by atoms with van der Waals surface area (Å²) in [6, 6.07) is 0. The molecule has 0 atom stereocenters. The van der Waals surface area contributed by atoms with Crippen molar-refractivity contribution >= 4 is 21.8 Å². The molecule has 0 fully saturated rings. The number of aliphatic hydroxyl groups excluding tert-OH is 1. The van der Waals surface area contributed by atoms with Crippen molar-refractivity contribution in [1.29, 1.82) is 0 Å². The molecule has 0 spiro atoms. The van der Waals surface area contributed by atoms with Gasteiger partial charge in [-0.1, -0.05) is 0 Å². The van der Waals surface area contributed by atoms with Crippen molar-refractivity contribution in [2.45, 2.75) is 6.92 Å². The fourth-order valence-corrected chi connectivity index (χ4v) is 0.680. The lowest BCUT2D eigenvalue weighted by Gasteiger charge is -2.09. The highest BCUT2D eigenvalue weighted by Crippen LogP contribution is 2.15. The van der Waals surface area contributed by atoms with E-state index in [4.69, 9.17) is 5.11 Å². The van der Waals surface area contributed by atoms with Crippen LogP contribution in [-0.2, 0) is 0 Å². The van der Waals surface area contributed by atoms with E-state index in [1.54, 1.807) is 13.5 Å². The second-order valence-electron chi connectivity index (χ2n) is 1.66. The number of aliphatic imine (C=N–C) groups is 1. The Morgan fingerprint density at radius 2 is 2.44 bits per heavy atom. The van der Waals surface area contributed by atoms with E-state index in [0.717, 1.165) is 0 Å². The molecule has 0 bridgehead atoms. The van der Waals surface area contributed by atoms with Crippen LogP contribution in [0.3, 0.4) is 0 Å². The van der Waals surface area contributed by atoms with Crippen LogP contribution in [0.15, 0.2) is 15.4 Å². The van der Waals surface area contributed by atoms with Gasteiger partial charge in [0.15, 0.2) is 0 Å². The van der Waals surface area contributed by atoms with Crippen LogP contribution in [0.4, 0.5) is 0 Å². The van der Waals surface area contributed by atoms with E-state index >= 15 is 0 Å². The van der Waals surface area contributed by atoms with E-state index in [1.807, 2.05) is 0 Å². The van der Waals surface area contributed by atoms with Crippen molar-refractivity contribution in [3.05, 3.63) is 16.9 Å². The standard InChI is InChI=1S/C5H6BrN2O/c1-3-7-2-4(6)5(9)8-3/h2,9H,1H3,(H,7,8). The van der Waals surface area contributed by atoms with Gasteiger partial charge in [0.25, 0.3) is 0 Å². The monoisotopic (exact) mass is 189 g/mol. The lowest BCUT2D eigenvalue weighted by atomic mass is 10.5. The summed E-state index contributed by atoms with van der Waals surface area (Å²) >= 11 is 3.09. The van der Waals surface area contributed by atoms with Gasteiger partial charge in [0.1, 0.15) is 5.84 Å². The fraction of sp³-hybridized carbons (Fsp3) is 0.200. The number of halogens is 1. The number of rotatable bonds is 0. The second kappa shape index (κ2) is 2.39. The number of hydrogen-bond acceptors (Lipinski definition) is 3. The van der Waals surface area contributed by atoms with Gasteiger partial charge in [0.05, 0.1) is 11.0 Å². The van der Waals surface area contributed by atoms with Crippen LogP contribution >= 0.6 is 15.9 Å². The van der Waals surface area contributed by atoms with E-state index in [0.29, 0.717) is 10.3 Å². The molecular weight excluding hydrogens is 184 g/mol. The van der Waals surface area contributed by atoms with Crippen LogP contribution < -0.4 is 5.32 Å². The Labute approximate surface area is 61.6 Å². The van der Waals surface area contributed by atoms with Gasteiger partial charge in [-0.25, -0.2) is 4.99 Å². The maximum Gasteiger partial charge on any atom is 0.225 e. The van der Waals surface area contributed by atoms with Crippen molar-refractivity contribution < 1.29 is 5.11 Å². The highest BCUT2D eigenvalue weighted by Gasteiger charge is 2.07. The molecule has 9 heavy (non-hydrogen) atoms. The normalized spacial score (nSPS) is 19.1. The summed E-state index contributed by atoms with van der Waals surface area (Å²) in [7, 11) is 0. The topological polar surface area (TPSA) is 44.6 Å². The van der Waals surface area contributed by atoms with E-state index in [1.165, 1.54) is 0 Å². The van der Waals surface area contributed by atoms with E-state index in [9.17, 15) is 0 Å². The largest absolute Gasteiger partial charge is 0.493 e. The first kappa shape index (κ1) is 6.61. The molecule has 0 aromatic heterocycles. The molecule has 4 heteroatoms. The molecule has 49 valence electrons. The highest BCUT2D eigenvalue weighted by atomic mass is 79.9. The molecule has 0 aromatic carbocycles. The molecule has 1 rings (SSSR count). The maximum atomic E-state index is 8.92. The third-order valence-corrected chi connectivity index (χ3v) is 1.48. The predicted octanol–water partition coefficient (Wildman–Crippen LogP) is 1.29. The van der Waals surface area contributed by atoms with Gasteiger partial charge in [-0.3, -0.25) is 0 Å². The van der Waals surface area contributed by atoms with Crippen molar-refractivity contribution in [1.82, 2.24) is 5.32 Å². The Balaban J connectivity index is 2.83. The third kappa shape index (κ3) is 1.45. The molecule has 1 heterocycles. The van der Waals surface area contributed by atoms with Crippen molar-refractivity contribution in [2.75, 3.05) is 0 Å². The minimum atomic E-state index is 0.0197. The smallest absolute Gasteiger partial charge is 0.225 e. The summed E-state index contributed by atoms with van der Waals surface area (Å²) in [5.74, 6) is 0.710. The summed E-state index contributed by atoms with van der Waals surface area (Å²) in [4.78, 5) is 3.73. The van der Waals surface area contributed by atoms with E-state index in [2.05, 4.69) is 26.2 Å². The number of nitrogens with zero attached hydrogens (tertiary/aromatic N) is 1. The Kier molecular flexibility index (Phi) is 1.75. The molecule has 3 nitrogen and oxygen atoms in total. The van der Waals surface area contributed by atoms with Crippen LogP contribution in [-0.4, -0.2) is 10.9 Å². The third-order valence-electron chi connectivity index (χ3n) is 0.895. The summed E-state index contributed by atoms with van der Waals surface area (Å²) in [5, 5.41) is 11.7. The van der Waals surface area contributed by atoms with Crippen molar-refractivity contribution in [2.24, 2.45) is 4.99 Å². The SMILES string of the molecule is CC1=NC(O)=C(Br)[CH]N1. The summed E-state index contributed by atoms with van der Waals surface area (Å²) < 4.78 is 0.577. The zero-order valence-electron chi connectivity index (χ0n) is 4.85. The Morgan fingerprint density at radius 1 is 1.78 bits per heavy atom. The Morgan fingerprint density at radius 3 is 2.89 bits per heavy atom. The van der Waals surface area contributed by atoms with Crippen LogP contribution in [0, 0.1) is 6.54 Å². The zero-order chi connectivity index (χ0) is 6.85. The Bertz CT molecular complexity index is 185. The fourth-order valence-electron chi connectivity index (χ4n) is 0.477. The molecule has 0 aromatic rings. The van der Waals surface area contributed by atoms with Gasteiger partial charge >= 0.3 is 0 Å². The first-order valence-corrected chi connectivity index (χ1v) is 3.23. The van der Waals surface area contributed by atoms with Crippen LogP contribution in [0.25, 0.3) is 0 Å². The molecule has 0 saturated carbocycles. The van der Waals surface area contributed by atoms with Crippen molar-refractivity contribution in [3.8, 4) is 0 Å². The highest BCUT2D eigenvalue weighted by molar-refractivity contribution is 9.11. The average Bonchev–Trinajstić information content (AvgIpc) is 1.80. The first-order valence-electron chi connectivity index (χ1n) is 2.44. The average molecular weight is 190 g/mol. The van der Waals surface area contributed by atoms with Gasteiger partial charge in [-0.15, -0.1) is 0 Å². The van der Waals surface area contributed by atoms with Crippen LogP contribution in [0.5, 0.6) is 0 Å². The van der Waals surface area contributed by atoms with Crippen LogP contribution in [0.1, 0.15) is 6.92 Å². The number of hydrogen-bond donors (Lipinski definition) is 2. The predicted molar refractivity (Wildman–Crippen MR) is 39.1 cm³/mol. The van der Waals surface area contributed by atoms with Gasteiger partial charge < -0.3 is 10.4 Å². The molecule has 0 saturated heterocycles. The molecule has 2 N–H and O–H groups in total. The van der Waals surface area contributed by atoms with Crippen molar-refractivity contribution in [3.63, 3.8) is 0 Å². The lowest BCUT2D eigenvalue weighted by Crippen LogP contribution is -2.21. The summed E-state index contributed by atoms with van der Waals surface area (Å²) in [5.41, 5.74) is 0. The maximum absolute atomic E-state index is 8.92. The molecule has 0 amide bonds. The Hall–Kier alpha value is -0.510. The minimum Gasteiger partial charge on any atom is -0.493 e. The van der Waals surface area contributed by atoms with E-state index in [-0.39, 0.29) is 5.88 Å². The molecule has 1 aliphatic rings. The van der Waals surface area contributed by atoms with Gasteiger partial charge in [-0.05, 0) is 22.9 Å². The summed E-state index contributed by atoms with van der Waals surface area (Å²) in [6.07, 6.45) is 0. The number of aliphatic hydroxyl groups is 1. The van der Waals surface area contributed by atoms with Crippen LogP contribution in [0.2, 0.25) is 0 Å². The molecule has 1 aliphatic heterocycles. The van der Waals surface area contributed by atoms with Gasteiger partial charge in [-0.2, -0.15) is 0 Å². The minimum absolute atomic E-state index is 0.0197. The van der Waals surface area contributed by atoms with Gasteiger partial charge in [0.2, 0.25) is 5.88 Å². The number of nitrogens with one attached hydrogen (secondary N) is 1.